The standard InChI is InChI=1S/C15H20F3NOS/c1-19(12-6-7-21-10-12)9-13(20)8-11-4-2-3-5-14(11)15(16,17)18/h2-5,12-13,20H,6-10H2,1H3. The van der Waals surface area contributed by atoms with E-state index in [9.17, 15) is 18.3 Å². The van der Waals surface area contributed by atoms with Gasteiger partial charge in [-0.05, 0) is 30.9 Å². The highest BCUT2D eigenvalue weighted by Crippen LogP contribution is 2.32. The minimum atomic E-state index is -4.37. The van der Waals surface area contributed by atoms with E-state index in [-0.39, 0.29) is 12.0 Å². The lowest BCUT2D eigenvalue weighted by atomic mass is 10.0. The quantitative estimate of drug-likeness (QED) is 0.902. The lowest BCUT2D eigenvalue weighted by Gasteiger charge is -2.26. The van der Waals surface area contributed by atoms with Gasteiger partial charge in [-0.15, -0.1) is 0 Å². The number of alkyl halides is 3. The van der Waals surface area contributed by atoms with Crippen LogP contribution in [0.4, 0.5) is 13.2 Å². The number of aliphatic hydroxyl groups is 1. The lowest BCUT2D eigenvalue weighted by Crippen LogP contribution is -2.38. The SMILES string of the molecule is CN(CC(O)Cc1ccccc1C(F)(F)F)C1CCSC1. The number of nitrogens with zero attached hydrogens (tertiary/aromatic N) is 1. The Morgan fingerprint density at radius 1 is 1.38 bits per heavy atom. The van der Waals surface area contributed by atoms with Gasteiger partial charge in [-0.2, -0.15) is 24.9 Å². The van der Waals surface area contributed by atoms with Crippen LogP contribution in [-0.2, 0) is 12.6 Å². The average Bonchev–Trinajstić information content (AvgIpc) is 2.91. The fraction of sp³-hybridized carbons (Fsp3) is 0.600. The number of hydrogen-bond donors (Lipinski definition) is 1. The van der Waals surface area contributed by atoms with Crippen LogP contribution in [0.3, 0.4) is 0 Å². The van der Waals surface area contributed by atoms with E-state index in [2.05, 4.69) is 4.90 Å². The molecule has 0 amide bonds. The number of halogens is 3. The fourth-order valence-electron chi connectivity index (χ4n) is 2.64. The van der Waals surface area contributed by atoms with Gasteiger partial charge in [0.25, 0.3) is 0 Å². The van der Waals surface area contributed by atoms with Gasteiger partial charge >= 0.3 is 6.18 Å². The van der Waals surface area contributed by atoms with Crippen LogP contribution in [0.15, 0.2) is 24.3 Å². The van der Waals surface area contributed by atoms with Crippen LogP contribution >= 0.6 is 11.8 Å². The molecular formula is C15H20F3NOS. The molecule has 2 nitrogen and oxygen atoms in total. The van der Waals surface area contributed by atoms with Crippen LogP contribution in [0.25, 0.3) is 0 Å². The molecular weight excluding hydrogens is 299 g/mol. The van der Waals surface area contributed by atoms with Crippen LogP contribution in [0.2, 0.25) is 0 Å². The first kappa shape index (κ1) is 16.6. The van der Waals surface area contributed by atoms with Crippen molar-refractivity contribution in [3.63, 3.8) is 0 Å². The molecule has 0 radical (unpaired) electrons. The van der Waals surface area contributed by atoms with Crippen molar-refractivity contribution in [1.29, 1.82) is 0 Å². The van der Waals surface area contributed by atoms with Crippen molar-refractivity contribution in [3.8, 4) is 0 Å². The van der Waals surface area contributed by atoms with E-state index in [0.717, 1.165) is 24.0 Å². The summed E-state index contributed by atoms with van der Waals surface area (Å²) in [6, 6.07) is 5.88. The first-order valence-corrected chi connectivity index (χ1v) is 8.14. The Morgan fingerprint density at radius 3 is 2.71 bits per heavy atom. The van der Waals surface area contributed by atoms with E-state index in [1.807, 2.05) is 18.8 Å². The topological polar surface area (TPSA) is 23.5 Å². The van der Waals surface area contributed by atoms with E-state index >= 15 is 0 Å². The predicted molar refractivity (Wildman–Crippen MR) is 79.5 cm³/mol. The third-order valence-corrected chi connectivity index (χ3v) is 4.95. The van der Waals surface area contributed by atoms with Crippen LogP contribution < -0.4 is 0 Å². The molecule has 21 heavy (non-hydrogen) atoms. The van der Waals surface area contributed by atoms with Crippen LogP contribution in [-0.4, -0.2) is 47.3 Å². The smallest absolute Gasteiger partial charge is 0.391 e. The molecule has 1 fully saturated rings. The molecule has 0 aromatic heterocycles. The molecule has 0 saturated carbocycles. The summed E-state index contributed by atoms with van der Waals surface area (Å²) in [6.45, 7) is 0.400. The lowest BCUT2D eigenvalue weighted by molar-refractivity contribution is -0.138. The minimum absolute atomic E-state index is 0.0277. The van der Waals surface area contributed by atoms with Crippen LogP contribution in [0.5, 0.6) is 0 Å². The highest BCUT2D eigenvalue weighted by Gasteiger charge is 2.33. The average molecular weight is 319 g/mol. The Kier molecular flexibility index (Phi) is 5.57. The maximum Gasteiger partial charge on any atom is 0.416 e. The molecule has 2 unspecified atom stereocenters. The molecule has 2 atom stereocenters. The van der Waals surface area contributed by atoms with Crippen LogP contribution in [0.1, 0.15) is 17.5 Å². The maximum absolute atomic E-state index is 12.9. The van der Waals surface area contributed by atoms with Crippen molar-refractivity contribution >= 4 is 11.8 Å². The number of thioether (sulfide) groups is 1. The summed E-state index contributed by atoms with van der Waals surface area (Å²) >= 11 is 1.88. The van der Waals surface area contributed by atoms with Crippen molar-refractivity contribution in [2.75, 3.05) is 25.1 Å². The molecule has 6 heteroatoms. The van der Waals surface area contributed by atoms with Crippen molar-refractivity contribution in [2.24, 2.45) is 0 Å². The Labute approximate surface area is 127 Å². The second-order valence-corrected chi connectivity index (χ2v) is 6.62. The molecule has 1 aromatic carbocycles. The summed E-state index contributed by atoms with van der Waals surface area (Å²) in [5.74, 6) is 2.14. The summed E-state index contributed by atoms with van der Waals surface area (Å²) < 4.78 is 38.7. The van der Waals surface area contributed by atoms with Crippen molar-refractivity contribution in [3.05, 3.63) is 35.4 Å². The molecule has 118 valence electrons. The third kappa shape index (κ3) is 4.63. The van der Waals surface area contributed by atoms with E-state index < -0.39 is 17.8 Å². The highest BCUT2D eigenvalue weighted by molar-refractivity contribution is 7.99. The van der Waals surface area contributed by atoms with E-state index in [1.54, 1.807) is 6.07 Å². The van der Waals surface area contributed by atoms with E-state index in [0.29, 0.717) is 12.6 Å². The van der Waals surface area contributed by atoms with Gasteiger partial charge in [-0.25, -0.2) is 0 Å². The van der Waals surface area contributed by atoms with Gasteiger partial charge in [-0.1, -0.05) is 18.2 Å². The molecule has 0 bridgehead atoms. The summed E-state index contributed by atoms with van der Waals surface area (Å²) in [5.41, 5.74) is -0.491. The van der Waals surface area contributed by atoms with Gasteiger partial charge in [0.2, 0.25) is 0 Å². The Morgan fingerprint density at radius 2 is 2.10 bits per heavy atom. The maximum atomic E-state index is 12.9. The third-order valence-electron chi connectivity index (χ3n) is 3.81. The summed E-state index contributed by atoms with van der Waals surface area (Å²) in [7, 11) is 1.93. The number of hydrogen-bond acceptors (Lipinski definition) is 3. The molecule has 1 aromatic rings. The monoisotopic (exact) mass is 319 g/mol. The van der Waals surface area contributed by atoms with Crippen molar-refractivity contribution < 1.29 is 18.3 Å². The molecule has 1 N–H and O–H groups in total. The summed E-state index contributed by atoms with van der Waals surface area (Å²) in [5, 5.41) is 10.1. The van der Waals surface area contributed by atoms with Gasteiger partial charge in [0.15, 0.2) is 0 Å². The number of likely N-dealkylation sites (N-methyl/N-ethyl adjacent to an activating group) is 1. The molecule has 1 aliphatic rings. The Hall–Kier alpha value is -0.720. The first-order valence-electron chi connectivity index (χ1n) is 6.99. The zero-order valence-electron chi connectivity index (χ0n) is 11.9. The second-order valence-electron chi connectivity index (χ2n) is 5.47. The second kappa shape index (κ2) is 7.03. The molecule has 0 aliphatic carbocycles. The molecule has 1 heterocycles. The normalized spacial score (nSPS) is 21.0. The van der Waals surface area contributed by atoms with E-state index in [4.69, 9.17) is 0 Å². The number of benzene rings is 1. The van der Waals surface area contributed by atoms with Gasteiger partial charge in [0.05, 0.1) is 11.7 Å². The molecule has 0 spiro atoms. The zero-order valence-corrected chi connectivity index (χ0v) is 12.8. The molecule has 2 rings (SSSR count). The Balaban J connectivity index is 1.98. The van der Waals surface area contributed by atoms with Gasteiger partial charge in [0, 0.05) is 24.8 Å². The minimum Gasteiger partial charge on any atom is -0.391 e. The zero-order chi connectivity index (χ0) is 15.5. The Bertz CT molecular complexity index is 460. The van der Waals surface area contributed by atoms with E-state index in [1.165, 1.54) is 12.1 Å². The van der Waals surface area contributed by atoms with Crippen LogP contribution in [0, 0.1) is 0 Å². The van der Waals surface area contributed by atoms with Crippen molar-refractivity contribution in [2.45, 2.75) is 31.2 Å². The molecule has 1 aliphatic heterocycles. The fourth-order valence-corrected chi connectivity index (χ4v) is 3.94. The van der Waals surface area contributed by atoms with Gasteiger partial charge in [0.1, 0.15) is 0 Å². The summed E-state index contributed by atoms with van der Waals surface area (Å²) in [6.07, 6.45) is -4.05. The summed E-state index contributed by atoms with van der Waals surface area (Å²) in [4.78, 5) is 2.06. The van der Waals surface area contributed by atoms with Gasteiger partial charge in [-0.3, -0.25) is 4.90 Å². The van der Waals surface area contributed by atoms with Crippen molar-refractivity contribution in [1.82, 2.24) is 4.90 Å². The molecule has 1 saturated heterocycles. The number of rotatable bonds is 5. The largest absolute Gasteiger partial charge is 0.416 e. The number of aliphatic hydroxyl groups excluding tert-OH is 1. The van der Waals surface area contributed by atoms with Gasteiger partial charge < -0.3 is 5.11 Å². The predicted octanol–water partition coefficient (Wildman–Crippen LogP) is 3.05. The highest BCUT2D eigenvalue weighted by atomic mass is 32.2. The first-order chi connectivity index (χ1) is 9.88.